The summed E-state index contributed by atoms with van der Waals surface area (Å²) in [5.74, 6) is 0.901. The van der Waals surface area contributed by atoms with Crippen molar-refractivity contribution in [3.05, 3.63) is 41.7 Å². The van der Waals surface area contributed by atoms with Crippen LogP contribution in [-0.4, -0.2) is 9.36 Å². The zero-order valence-electron chi connectivity index (χ0n) is 10.4. The van der Waals surface area contributed by atoms with E-state index in [-0.39, 0.29) is 5.41 Å². The van der Waals surface area contributed by atoms with Crippen LogP contribution in [0.25, 0.3) is 0 Å². The van der Waals surface area contributed by atoms with Gasteiger partial charge in [-0.05, 0) is 5.56 Å². The fourth-order valence-corrected chi connectivity index (χ4v) is 2.13. The molecule has 0 aliphatic carbocycles. The summed E-state index contributed by atoms with van der Waals surface area (Å²) in [6, 6.07) is 10.3. The molecule has 3 nitrogen and oxygen atoms in total. The van der Waals surface area contributed by atoms with Crippen molar-refractivity contribution in [2.45, 2.75) is 32.7 Å². The van der Waals surface area contributed by atoms with Crippen LogP contribution in [0.5, 0.6) is 0 Å². The average Bonchev–Trinajstić information content (AvgIpc) is 2.76. The molecule has 0 radical (unpaired) electrons. The Kier molecular flexibility index (Phi) is 3.43. The van der Waals surface area contributed by atoms with Crippen molar-refractivity contribution in [2.24, 2.45) is 0 Å². The predicted molar refractivity (Wildman–Crippen MR) is 72.4 cm³/mol. The van der Waals surface area contributed by atoms with E-state index in [4.69, 9.17) is 0 Å². The largest absolute Gasteiger partial charge is 0.356 e. The lowest BCUT2D eigenvalue weighted by atomic mass is 9.96. The van der Waals surface area contributed by atoms with Gasteiger partial charge in [0.2, 0.25) is 5.13 Å². The van der Waals surface area contributed by atoms with Gasteiger partial charge < -0.3 is 5.32 Å². The number of anilines is 1. The van der Waals surface area contributed by atoms with Crippen LogP contribution in [0.15, 0.2) is 30.3 Å². The lowest BCUT2D eigenvalue weighted by Crippen LogP contribution is -2.13. The van der Waals surface area contributed by atoms with Gasteiger partial charge in [-0.2, -0.15) is 4.37 Å². The third kappa shape index (κ3) is 3.27. The van der Waals surface area contributed by atoms with Crippen molar-refractivity contribution in [3.63, 3.8) is 0 Å². The van der Waals surface area contributed by atoms with E-state index >= 15 is 0 Å². The van der Waals surface area contributed by atoms with E-state index in [2.05, 4.69) is 47.6 Å². The molecule has 0 aliphatic rings. The highest BCUT2D eigenvalue weighted by molar-refractivity contribution is 7.09. The summed E-state index contributed by atoms with van der Waals surface area (Å²) in [5.41, 5.74) is 1.27. The van der Waals surface area contributed by atoms with Crippen LogP contribution in [0.4, 0.5) is 5.13 Å². The summed E-state index contributed by atoms with van der Waals surface area (Å²) in [5, 5.41) is 4.19. The Hall–Kier alpha value is -1.42. The number of hydrogen-bond acceptors (Lipinski definition) is 4. The SMILES string of the molecule is CC(C)(C)c1nsc(NCc2ccccc2)n1. The van der Waals surface area contributed by atoms with E-state index in [9.17, 15) is 0 Å². The first-order valence-corrected chi connectivity index (χ1v) is 6.45. The van der Waals surface area contributed by atoms with Crippen molar-refractivity contribution < 1.29 is 0 Å². The molecule has 0 saturated carbocycles. The molecule has 0 fully saturated rings. The minimum Gasteiger partial charge on any atom is -0.356 e. The molecule has 0 saturated heterocycles. The predicted octanol–water partition coefficient (Wildman–Crippen LogP) is 3.45. The molecule has 90 valence electrons. The van der Waals surface area contributed by atoms with Gasteiger partial charge in [0, 0.05) is 23.5 Å². The highest BCUT2D eigenvalue weighted by Crippen LogP contribution is 2.23. The zero-order valence-corrected chi connectivity index (χ0v) is 11.2. The Morgan fingerprint density at radius 1 is 1.18 bits per heavy atom. The molecule has 0 atom stereocenters. The van der Waals surface area contributed by atoms with Crippen LogP contribution in [0.3, 0.4) is 0 Å². The molecular formula is C13H17N3S. The van der Waals surface area contributed by atoms with Gasteiger partial charge >= 0.3 is 0 Å². The van der Waals surface area contributed by atoms with Crippen LogP contribution in [-0.2, 0) is 12.0 Å². The Morgan fingerprint density at radius 3 is 2.47 bits per heavy atom. The van der Waals surface area contributed by atoms with Gasteiger partial charge in [0.1, 0.15) is 5.82 Å². The molecule has 2 rings (SSSR count). The molecule has 1 aromatic heterocycles. The van der Waals surface area contributed by atoms with E-state index in [0.717, 1.165) is 17.5 Å². The molecule has 0 bridgehead atoms. The highest BCUT2D eigenvalue weighted by atomic mass is 32.1. The molecule has 1 aromatic carbocycles. The van der Waals surface area contributed by atoms with Crippen molar-refractivity contribution in [1.82, 2.24) is 9.36 Å². The number of hydrogen-bond donors (Lipinski definition) is 1. The van der Waals surface area contributed by atoms with Crippen LogP contribution in [0.2, 0.25) is 0 Å². The summed E-state index contributed by atoms with van der Waals surface area (Å²) in [4.78, 5) is 4.49. The maximum atomic E-state index is 4.49. The number of benzene rings is 1. The van der Waals surface area contributed by atoms with Crippen molar-refractivity contribution in [3.8, 4) is 0 Å². The van der Waals surface area contributed by atoms with Gasteiger partial charge in [-0.3, -0.25) is 0 Å². The Labute approximate surface area is 106 Å². The van der Waals surface area contributed by atoms with Crippen LogP contribution < -0.4 is 5.32 Å². The first kappa shape index (κ1) is 12.0. The Bertz CT molecular complexity index is 471. The maximum absolute atomic E-state index is 4.49. The summed E-state index contributed by atoms with van der Waals surface area (Å²) in [6.07, 6.45) is 0. The minimum absolute atomic E-state index is 0.0170. The second-order valence-corrected chi connectivity index (χ2v) is 5.76. The molecule has 17 heavy (non-hydrogen) atoms. The van der Waals surface area contributed by atoms with Gasteiger partial charge in [0.15, 0.2) is 0 Å². The Morgan fingerprint density at radius 2 is 1.88 bits per heavy atom. The second kappa shape index (κ2) is 4.84. The third-order valence-corrected chi connectivity index (χ3v) is 3.06. The first-order chi connectivity index (χ1) is 8.05. The van der Waals surface area contributed by atoms with Gasteiger partial charge in [0.05, 0.1) is 0 Å². The maximum Gasteiger partial charge on any atom is 0.202 e. The Balaban J connectivity index is 1.99. The van der Waals surface area contributed by atoms with Gasteiger partial charge in [-0.1, -0.05) is 51.1 Å². The quantitative estimate of drug-likeness (QED) is 0.902. The molecule has 1 heterocycles. The molecular weight excluding hydrogens is 230 g/mol. The fourth-order valence-electron chi connectivity index (χ4n) is 1.37. The summed E-state index contributed by atoms with van der Waals surface area (Å²) < 4.78 is 4.37. The molecule has 1 N–H and O–H groups in total. The van der Waals surface area contributed by atoms with Gasteiger partial charge in [0.25, 0.3) is 0 Å². The van der Waals surface area contributed by atoms with E-state index in [1.54, 1.807) is 0 Å². The number of nitrogens with zero attached hydrogens (tertiary/aromatic N) is 2. The molecule has 0 spiro atoms. The smallest absolute Gasteiger partial charge is 0.202 e. The molecule has 0 unspecified atom stereocenters. The second-order valence-electron chi connectivity index (χ2n) is 5.01. The van der Waals surface area contributed by atoms with E-state index < -0.39 is 0 Å². The van der Waals surface area contributed by atoms with E-state index in [1.807, 2.05) is 18.2 Å². The lowest BCUT2D eigenvalue weighted by molar-refractivity contribution is 0.555. The monoisotopic (exact) mass is 247 g/mol. The first-order valence-electron chi connectivity index (χ1n) is 5.68. The highest BCUT2D eigenvalue weighted by Gasteiger charge is 2.19. The van der Waals surface area contributed by atoms with Crippen LogP contribution in [0.1, 0.15) is 32.2 Å². The van der Waals surface area contributed by atoms with Crippen molar-refractivity contribution in [1.29, 1.82) is 0 Å². The number of nitrogens with one attached hydrogen (secondary N) is 1. The standard InChI is InChI=1S/C13H17N3S/c1-13(2,3)11-15-12(17-16-11)14-9-10-7-5-4-6-8-10/h4-8H,9H2,1-3H3,(H,14,15,16). The summed E-state index contributed by atoms with van der Waals surface area (Å²) in [7, 11) is 0. The average molecular weight is 247 g/mol. The van der Waals surface area contributed by atoms with Crippen LogP contribution in [0, 0.1) is 0 Å². The topological polar surface area (TPSA) is 37.8 Å². The van der Waals surface area contributed by atoms with E-state index in [0.29, 0.717) is 0 Å². The van der Waals surface area contributed by atoms with E-state index in [1.165, 1.54) is 17.1 Å². The van der Waals surface area contributed by atoms with Gasteiger partial charge in [-0.25, -0.2) is 4.98 Å². The molecule has 0 aliphatic heterocycles. The van der Waals surface area contributed by atoms with Crippen molar-refractivity contribution in [2.75, 3.05) is 5.32 Å². The zero-order chi connectivity index (χ0) is 12.3. The van der Waals surface area contributed by atoms with Crippen molar-refractivity contribution >= 4 is 16.7 Å². The number of aromatic nitrogens is 2. The molecule has 0 amide bonds. The lowest BCUT2D eigenvalue weighted by Gasteiger charge is -2.12. The third-order valence-electron chi connectivity index (χ3n) is 2.38. The molecule has 4 heteroatoms. The van der Waals surface area contributed by atoms with Crippen LogP contribution >= 0.6 is 11.5 Å². The summed E-state index contributed by atoms with van der Waals surface area (Å²) in [6.45, 7) is 7.15. The minimum atomic E-state index is 0.0170. The summed E-state index contributed by atoms with van der Waals surface area (Å²) >= 11 is 1.42. The van der Waals surface area contributed by atoms with Gasteiger partial charge in [-0.15, -0.1) is 0 Å². The number of rotatable bonds is 3. The normalized spacial score (nSPS) is 11.5. The molecule has 2 aromatic rings. The fraction of sp³-hybridized carbons (Fsp3) is 0.385.